The van der Waals surface area contributed by atoms with Crippen LogP contribution in [0.5, 0.6) is 5.88 Å². The maximum atomic E-state index is 9.74. The molecule has 0 spiro atoms. The van der Waals surface area contributed by atoms with Gasteiger partial charge < -0.3 is 25.0 Å². The zero-order chi connectivity index (χ0) is 29.3. The maximum Gasteiger partial charge on any atom is 0.212 e. The van der Waals surface area contributed by atoms with Crippen molar-refractivity contribution in [2.75, 3.05) is 51.3 Å². The van der Waals surface area contributed by atoms with Gasteiger partial charge in [-0.25, -0.2) is 9.97 Å². The molecule has 0 saturated carbocycles. The lowest BCUT2D eigenvalue weighted by molar-refractivity contribution is -0.00879. The average Bonchev–Trinajstić information content (AvgIpc) is 3.05. The van der Waals surface area contributed by atoms with Gasteiger partial charge >= 0.3 is 0 Å². The summed E-state index contributed by atoms with van der Waals surface area (Å²) in [5.74, 6) is 2.21. The fraction of sp³-hybridized carbons (Fsp3) is 0.438. The first-order valence-electron chi connectivity index (χ1n) is 15.0. The van der Waals surface area contributed by atoms with E-state index in [-0.39, 0.29) is 0 Å². The molecule has 0 amide bonds. The molecule has 4 bridgehead atoms. The van der Waals surface area contributed by atoms with Crippen LogP contribution in [0.4, 0.5) is 5.82 Å². The van der Waals surface area contributed by atoms with Gasteiger partial charge in [-0.05, 0) is 30.6 Å². The second-order valence-corrected chi connectivity index (χ2v) is 11.8. The van der Waals surface area contributed by atoms with Crippen LogP contribution < -0.4 is 20.3 Å². The van der Waals surface area contributed by atoms with Crippen molar-refractivity contribution < 1.29 is 9.47 Å². The van der Waals surface area contributed by atoms with Crippen molar-refractivity contribution >= 4 is 11.4 Å². The number of allylic oxidation sites excluding steroid dienone is 4. The van der Waals surface area contributed by atoms with Crippen LogP contribution in [-0.2, 0) is 11.3 Å². The number of methoxy groups -OCH3 is 1. The summed E-state index contributed by atoms with van der Waals surface area (Å²) in [6.07, 6.45) is 13.3. The van der Waals surface area contributed by atoms with E-state index >= 15 is 0 Å². The van der Waals surface area contributed by atoms with Crippen molar-refractivity contribution in [1.82, 2.24) is 35.4 Å². The van der Waals surface area contributed by atoms with E-state index in [1.165, 1.54) is 18.4 Å². The monoisotopic (exact) mass is 579 g/mol. The third-order valence-electron chi connectivity index (χ3n) is 9.14. The lowest BCUT2D eigenvalue weighted by atomic mass is 9.87. The van der Waals surface area contributed by atoms with Crippen molar-refractivity contribution in [3.63, 3.8) is 0 Å². The molecule has 11 nitrogen and oxygen atoms in total. The number of nitrogens with one attached hydrogen (secondary N) is 2. The van der Waals surface area contributed by atoms with Gasteiger partial charge in [0.05, 0.1) is 36.5 Å². The molecular weight excluding hydrogens is 542 g/mol. The van der Waals surface area contributed by atoms with Crippen molar-refractivity contribution in [3.8, 4) is 11.9 Å². The van der Waals surface area contributed by atoms with E-state index in [4.69, 9.17) is 19.4 Å². The highest BCUT2D eigenvalue weighted by atomic mass is 16.5. The van der Waals surface area contributed by atoms with E-state index < -0.39 is 0 Å². The molecule has 0 aliphatic carbocycles. The van der Waals surface area contributed by atoms with E-state index in [0.29, 0.717) is 59.4 Å². The number of piperidine rings is 2. The average molecular weight is 580 g/mol. The Hall–Kier alpha value is -4.24. The number of rotatable bonds is 10. The number of hydrogen-bond donors (Lipinski definition) is 2. The highest BCUT2D eigenvalue weighted by Gasteiger charge is 2.44. The molecule has 0 radical (unpaired) electrons. The first kappa shape index (κ1) is 27.6. The molecule has 2 aromatic rings. The zero-order valence-corrected chi connectivity index (χ0v) is 24.4. The number of nitriles is 1. The van der Waals surface area contributed by atoms with E-state index in [2.05, 4.69) is 49.0 Å². The molecule has 6 saturated heterocycles. The lowest BCUT2D eigenvalue weighted by Gasteiger charge is -2.56. The molecule has 2 N–H and O–H groups in total. The maximum absolute atomic E-state index is 9.74. The number of ether oxygens (including phenoxy) is 2. The number of anilines is 1. The number of fused-ring (bicyclic) bond motifs is 4. The Labute approximate surface area is 252 Å². The van der Waals surface area contributed by atoms with Gasteiger partial charge in [0.2, 0.25) is 5.88 Å². The van der Waals surface area contributed by atoms with E-state index in [1.807, 2.05) is 24.5 Å². The number of nitrogens with zero attached hydrogens (tertiary/aromatic N) is 7. The molecule has 7 aliphatic rings. The summed E-state index contributed by atoms with van der Waals surface area (Å²) < 4.78 is 11.3. The minimum absolute atomic E-state index is 0.440. The predicted molar refractivity (Wildman–Crippen MR) is 163 cm³/mol. The van der Waals surface area contributed by atoms with Crippen LogP contribution in [-0.4, -0.2) is 95.4 Å². The third-order valence-corrected chi connectivity index (χ3v) is 9.14. The number of dihydropyridines is 1. The molecule has 4 atom stereocenters. The van der Waals surface area contributed by atoms with Crippen LogP contribution in [0.2, 0.25) is 0 Å². The van der Waals surface area contributed by atoms with Crippen LogP contribution >= 0.6 is 0 Å². The Morgan fingerprint density at radius 2 is 1.91 bits per heavy atom. The Bertz CT molecular complexity index is 1470. The molecule has 9 rings (SSSR count). The van der Waals surface area contributed by atoms with Crippen molar-refractivity contribution in [3.05, 3.63) is 83.9 Å². The van der Waals surface area contributed by atoms with E-state index in [9.17, 15) is 5.26 Å². The third kappa shape index (κ3) is 5.61. The van der Waals surface area contributed by atoms with E-state index in [1.54, 1.807) is 25.6 Å². The fourth-order valence-electron chi connectivity index (χ4n) is 6.86. The summed E-state index contributed by atoms with van der Waals surface area (Å²) in [5, 5.41) is 16.6. The van der Waals surface area contributed by atoms with Crippen LogP contribution in [0.15, 0.2) is 72.7 Å². The molecule has 7 aliphatic heterocycles. The molecule has 9 heterocycles. The molecule has 2 aromatic heterocycles. The molecule has 4 unspecified atom stereocenters. The fourth-order valence-corrected chi connectivity index (χ4v) is 6.86. The minimum atomic E-state index is 0.440. The topological polar surface area (TPSA) is 115 Å². The van der Waals surface area contributed by atoms with Crippen LogP contribution in [0.3, 0.4) is 0 Å². The first-order chi connectivity index (χ1) is 21.1. The highest BCUT2D eigenvalue weighted by Crippen LogP contribution is 2.36. The molecule has 0 aromatic carbocycles. The van der Waals surface area contributed by atoms with Gasteiger partial charge in [0, 0.05) is 87.5 Å². The largest absolute Gasteiger partial charge is 0.491 e. The summed E-state index contributed by atoms with van der Waals surface area (Å²) in [7, 11) is 1.63. The highest BCUT2D eigenvalue weighted by molar-refractivity contribution is 5.82. The summed E-state index contributed by atoms with van der Waals surface area (Å²) in [4.78, 5) is 21.3. The number of pyridine rings is 1. The summed E-state index contributed by atoms with van der Waals surface area (Å²) in [6, 6.07) is 8.45. The second-order valence-electron chi connectivity index (χ2n) is 11.8. The van der Waals surface area contributed by atoms with Crippen LogP contribution in [0.25, 0.3) is 5.57 Å². The smallest absolute Gasteiger partial charge is 0.212 e. The first-order valence-corrected chi connectivity index (χ1v) is 15.0. The quantitative estimate of drug-likeness (QED) is 0.404. The SMILES string of the molecule is C=C/C(C#N)=C1\NC=C(OCCN2CC3CC(C2)N3)C=C1c1cnc(N2CC3CC(C2)N3Cc2ccc(OC)nc2)cn1. The summed E-state index contributed by atoms with van der Waals surface area (Å²) in [6.45, 7) is 10.2. The van der Waals surface area contributed by atoms with E-state index in [0.717, 1.165) is 50.7 Å². The van der Waals surface area contributed by atoms with Crippen molar-refractivity contribution in [2.45, 2.75) is 43.6 Å². The minimum Gasteiger partial charge on any atom is -0.491 e. The zero-order valence-electron chi connectivity index (χ0n) is 24.4. The summed E-state index contributed by atoms with van der Waals surface area (Å²) >= 11 is 0. The van der Waals surface area contributed by atoms with Gasteiger partial charge in [0.15, 0.2) is 0 Å². The normalized spacial score (nSPS) is 27.4. The van der Waals surface area contributed by atoms with Gasteiger partial charge in [0.25, 0.3) is 0 Å². The molecule has 11 heteroatoms. The number of aromatic nitrogens is 3. The Balaban J connectivity index is 1.00. The molecular formula is C32H37N9O2. The molecule has 6 fully saturated rings. The Kier molecular flexibility index (Phi) is 7.57. The van der Waals surface area contributed by atoms with Gasteiger partial charge in [-0.15, -0.1) is 0 Å². The van der Waals surface area contributed by atoms with Crippen LogP contribution in [0.1, 0.15) is 24.1 Å². The Morgan fingerprint density at radius 3 is 2.56 bits per heavy atom. The lowest BCUT2D eigenvalue weighted by Crippen LogP contribution is -2.68. The van der Waals surface area contributed by atoms with Gasteiger partial charge in [-0.1, -0.05) is 12.6 Å². The number of hydrogen-bond acceptors (Lipinski definition) is 11. The predicted octanol–water partition coefficient (Wildman–Crippen LogP) is 2.20. The number of piperazine rings is 2. The van der Waals surface area contributed by atoms with Crippen molar-refractivity contribution in [2.24, 2.45) is 0 Å². The van der Waals surface area contributed by atoms with Crippen molar-refractivity contribution in [1.29, 1.82) is 5.26 Å². The standard InChI is InChI=1S/C32H37N9O2/c1-3-22(11-33)32-28(10-27(13-37-32)43-7-6-39-17-23-8-24(18-39)38-23)29-14-35-30(15-34-29)40-19-25-9-26(20-40)41(25)16-21-4-5-31(42-2)36-12-21/h3-5,10,12-15,23-26,37-38H,1,6-9,16-20H2,2H3/b32-22+. The van der Waals surface area contributed by atoms with Crippen LogP contribution in [0, 0.1) is 11.3 Å². The molecule has 222 valence electrons. The summed E-state index contributed by atoms with van der Waals surface area (Å²) in [5.41, 5.74) is 3.72. The second kappa shape index (κ2) is 11.8. The molecule has 43 heavy (non-hydrogen) atoms. The van der Waals surface area contributed by atoms with Gasteiger partial charge in [0.1, 0.15) is 24.3 Å². The van der Waals surface area contributed by atoms with Gasteiger partial charge in [-0.3, -0.25) is 14.8 Å². The van der Waals surface area contributed by atoms with Gasteiger partial charge in [-0.2, -0.15) is 5.26 Å². The Morgan fingerprint density at radius 1 is 1.09 bits per heavy atom.